The molecule has 0 aromatic heterocycles. The van der Waals surface area contributed by atoms with Crippen molar-refractivity contribution >= 4 is 0 Å². The second-order valence-electron chi connectivity index (χ2n) is 5.97. The predicted molar refractivity (Wildman–Crippen MR) is 82.3 cm³/mol. The van der Waals surface area contributed by atoms with E-state index in [0.29, 0.717) is 12.1 Å². The molecule has 1 aliphatic rings. The number of likely N-dealkylation sites (N-methyl/N-ethyl adjacent to an activating group) is 1. The Morgan fingerprint density at radius 1 is 1.40 bits per heavy atom. The Hall–Kier alpha value is -1.37. The Morgan fingerprint density at radius 3 is 2.55 bits per heavy atom. The van der Waals surface area contributed by atoms with Crippen LogP contribution in [0.4, 0.5) is 0 Å². The molecule has 0 spiro atoms. The molecule has 20 heavy (non-hydrogen) atoms. The zero-order valence-corrected chi connectivity index (χ0v) is 12.8. The van der Waals surface area contributed by atoms with E-state index in [1.54, 1.807) is 0 Å². The lowest BCUT2D eigenvalue weighted by Gasteiger charge is -2.35. The minimum absolute atomic E-state index is 0.479. The molecular weight excluding hydrogens is 246 g/mol. The van der Waals surface area contributed by atoms with Gasteiger partial charge in [-0.05, 0) is 38.8 Å². The van der Waals surface area contributed by atoms with Gasteiger partial charge in [0.05, 0.1) is 6.07 Å². The van der Waals surface area contributed by atoms with Crippen LogP contribution in [0, 0.1) is 11.3 Å². The first-order valence-corrected chi connectivity index (χ1v) is 7.56. The molecule has 0 amide bonds. The van der Waals surface area contributed by atoms with Crippen LogP contribution in [0.5, 0.6) is 0 Å². The fourth-order valence-corrected chi connectivity index (χ4v) is 2.49. The molecule has 2 atom stereocenters. The Kier molecular flexibility index (Phi) is 4.80. The SMILES string of the molecule is CCC(C)N(C)CC(C#N)(NC1CC1)c1ccccc1. The molecule has 1 aliphatic carbocycles. The summed E-state index contributed by atoms with van der Waals surface area (Å²) in [4.78, 5) is 2.28. The summed E-state index contributed by atoms with van der Waals surface area (Å²) in [7, 11) is 2.11. The molecule has 1 N–H and O–H groups in total. The highest BCUT2D eigenvalue weighted by molar-refractivity contribution is 5.32. The van der Waals surface area contributed by atoms with Gasteiger partial charge < -0.3 is 4.90 Å². The molecular formula is C17H25N3. The van der Waals surface area contributed by atoms with Crippen molar-refractivity contribution in [1.82, 2.24) is 10.2 Å². The maximum atomic E-state index is 9.87. The normalized spacial score (nSPS) is 19.4. The summed E-state index contributed by atoms with van der Waals surface area (Å²) in [5, 5.41) is 13.4. The van der Waals surface area contributed by atoms with Gasteiger partial charge in [0, 0.05) is 18.6 Å². The van der Waals surface area contributed by atoms with Crippen molar-refractivity contribution in [3.63, 3.8) is 0 Å². The molecule has 0 bridgehead atoms. The van der Waals surface area contributed by atoms with Crippen molar-refractivity contribution in [2.75, 3.05) is 13.6 Å². The molecule has 1 saturated carbocycles. The first-order valence-electron chi connectivity index (χ1n) is 7.56. The first-order chi connectivity index (χ1) is 9.61. The van der Waals surface area contributed by atoms with Crippen LogP contribution in [0.2, 0.25) is 0 Å². The van der Waals surface area contributed by atoms with Gasteiger partial charge in [-0.15, -0.1) is 0 Å². The van der Waals surface area contributed by atoms with E-state index in [-0.39, 0.29) is 0 Å². The van der Waals surface area contributed by atoms with Gasteiger partial charge in [0.25, 0.3) is 0 Å². The molecule has 1 aromatic carbocycles. The van der Waals surface area contributed by atoms with Crippen molar-refractivity contribution in [3.05, 3.63) is 35.9 Å². The second kappa shape index (κ2) is 6.39. The molecule has 2 rings (SSSR count). The Morgan fingerprint density at radius 2 is 2.05 bits per heavy atom. The molecule has 0 aliphatic heterocycles. The van der Waals surface area contributed by atoms with Gasteiger partial charge in [-0.25, -0.2) is 0 Å². The lowest BCUT2D eigenvalue weighted by molar-refractivity contribution is 0.195. The van der Waals surface area contributed by atoms with Gasteiger partial charge >= 0.3 is 0 Å². The van der Waals surface area contributed by atoms with Crippen LogP contribution < -0.4 is 5.32 Å². The lowest BCUT2D eigenvalue weighted by Crippen LogP contribution is -2.51. The highest BCUT2D eigenvalue weighted by atomic mass is 15.2. The number of nitrogens with one attached hydrogen (secondary N) is 1. The number of benzene rings is 1. The molecule has 0 heterocycles. The predicted octanol–water partition coefficient (Wildman–Crippen LogP) is 2.89. The Balaban J connectivity index is 2.25. The van der Waals surface area contributed by atoms with Crippen LogP contribution in [0.25, 0.3) is 0 Å². The van der Waals surface area contributed by atoms with E-state index in [1.165, 1.54) is 12.8 Å². The van der Waals surface area contributed by atoms with Gasteiger partial charge in [0.15, 0.2) is 0 Å². The third kappa shape index (κ3) is 3.39. The summed E-state index contributed by atoms with van der Waals surface area (Å²) in [5.41, 5.74) is 0.477. The average molecular weight is 271 g/mol. The highest BCUT2D eigenvalue weighted by Crippen LogP contribution is 2.29. The molecule has 108 valence electrons. The molecule has 1 aromatic rings. The minimum Gasteiger partial charge on any atom is -0.300 e. The van der Waals surface area contributed by atoms with E-state index in [9.17, 15) is 5.26 Å². The number of nitriles is 1. The van der Waals surface area contributed by atoms with Crippen LogP contribution in [0.1, 0.15) is 38.7 Å². The number of hydrogen-bond acceptors (Lipinski definition) is 3. The first kappa shape index (κ1) is 15.0. The largest absolute Gasteiger partial charge is 0.300 e. The highest BCUT2D eigenvalue weighted by Gasteiger charge is 2.39. The van der Waals surface area contributed by atoms with E-state index < -0.39 is 5.54 Å². The summed E-state index contributed by atoms with van der Waals surface area (Å²) >= 11 is 0. The summed E-state index contributed by atoms with van der Waals surface area (Å²) in [6.45, 7) is 5.12. The third-order valence-corrected chi connectivity index (χ3v) is 4.32. The zero-order valence-electron chi connectivity index (χ0n) is 12.8. The Labute approximate surface area is 122 Å². The summed E-state index contributed by atoms with van der Waals surface area (Å²) in [6, 6.07) is 13.7. The molecule has 0 saturated heterocycles. The van der Waals surface area contributed by atoms with Crippen LogP contribution in [0.15, 0.2) is 30.3 Å². The van der Waals surface area contributed by atoms with Crippen molar-refractivity contribution in [2.45, 2.75) is 50.7 Å². The number of rotatable bonds is 7. The fourth-order valence-electron chi connectivity index (χ4n) is 2.49. The summed E-state index contributed by atoms with van der Waals surface area (Å²) < 4.78 is 0. The number of hydrogen-bond donors (Lipinski definition) is 1. The van der Waals surface area contributed by atoms with E-state index in [2.05, 4.69) is 49.3 Å². The second-order valence-corrected chi connectivity index (χ2v) is 5.97. The lowest BCUT2D eigenvalue weighted by atomic mass is 9.90. The van der Waals surface area contributed by atoms with Crippen LogP contribution in [-0.2, 0) is 5.54 Å². The van der Waals surface area contributed by atoms with E-state index in [4.69, 9.17) is 0 Å². The van der Waals surface area contributed by atoms with Gasteiger partial charge in [0.1, 0.15) is 5.54 Å². The third-order valence-electron chi connectivity index (χ3n) is 4.32. The van der Waals surface area contributed by atoms with Crippen LogP contribution in [-0.4, -0.2) is 30.6 Å². The van der Waals surface area contributed by atoms with Crippen LogP contribution in [0.3, 0.4) is 0 Å². The van der Waals surface area contributed by atoms with Gasteiger partial charge in [-0.1, -0.05) is 37.3 Å². The standard InChI is InChI=1S/C17H25N3/c1-4-14(2)20(3)13-17(12-18,19-16-10-11-16)15-8-6-5-7-9-15/h5-9,14,16,19H,4,10-11,13H2,1-3H3. The zero-order chi connectivity index (χ0) is 14.6. The molecule has 3 nitrogen and oxygen atoms in total. The minimum atomic E-state index is -0.597. The van der Waals surface area contributed by atoms with E-state index >= 15 is 0 Å². The molecule has 2 unspecified atom stereocenters. The fraction of sp³-hybridized carbons (Fsp3) is 0.588. The van der Waals surface area contributed by atoms with Gasteiger partial charge in [-0.3, -0.25) is 5.32 Å². The van der Waals surface area contributed by atoms with E-state index in [1.807, 2.05) is 18.2 Å². The van der Waals surface area contributed by atoms with Crippen molar-refractivity contribution < 1.29 is 0 Å². The van der Waals surface area contributed by atoms with Gasteiger partial charge in [-0.2, -0.15) is 5.26 Å². The van der Waals surface area contributed by atoms with Crippen molar-refractivity contribution in [1.29, 1.82) is 5.26 Å². The molecule has 1 fully saturated rings. The van der Waals surface area contributed by atoms with E-state index in [0.717, 1.165) is 18.5 Å². The average Bonchev–Trinajstić information content (AvgIpc) is 3.30. The maximum absolute atomic E-state index is 9.87. The number of nitrogens with zero attached hydrogens (tertiary/aromatic N) is 2. The Bertz CT molecular complexity index is 461. The maximum Gasteiger partial charge on any atom is 0.145 e. The van der Waals surface area contributed by atoms with Crippen molar-refractivity contribution in [3.8, 4) is 6.07 Å². The molecule has 3 heteroatoms. The summed E-state index contributed by atoms with van der Waals surface area (Å²) in [5.74, 6) is 0. The topological polar surface area (TPSA) is 39.1 Å². The quantitative estimate of drug-likeness (QED) is 0.829. The summed E-state index contributed by atoms with van der Waals surface area (Å²) in [6.07, 6.45) is 3.46. The smallest absolute Gasteiger partial charge is 0.145 e. The van der Waals surface area contributed by atoms with Crippen LogP contribution >= 0.6 is 0 Å². The van der Waals surface area contributed by atoms with Crippen molar-refractivity contribution in [2.24, 2.45) is 0 Å². The molecule has 0 radical (unpaired) electrons. The van der Waals surface area contributed by atoms with Gasteiger partial charge in [0.2, 0.25) is 0 Å². The monoisotopic (exact) mass is 271 g/mol.